The Hall–Kier alpha value is -1.63. The van der Waals surface area contributed by atoms with Crippen LogP contribution in [-0.4, -0.2) is 37.0 Å². The second-order valence-electron chi connectivity index (χ2n) is 4.28. The molecule has 0 aliphatic heterocycles. The van der Waals surface area contributed by atoms with Gasteiger partial charge >= 0.3 is 0 Å². The lowest BCUT2D eigenvalue weighted by Gasteiger charge is -2.06. The highest BCUT2D eigenvalue weighted by atomic mass is 35.5. The van der Waals surface area contributed by atoms with Crippen molar-refractivity contribution in [2.75, 3.05) is 20.8 Å². The largest absolute Gasteiger partial charge is 0.496 e. The topological polar surface area (TPSA) is 83.4 Å². The van der Waals surface area contributed by atoms with Crippen molar-refractivity contribution in [3.63, 3.8) is 0 Å². The Balaban J connectivity index is 2.20. The molecule has 1 aromatic heterocycles. The molecule has 1 heterocycles. The maximum atomic E-state index is 5.92. The van der Waals surface area contributed by atoms with E-state index in [0.29, 0.717) is 41.1 Å². The van der Waals surface area contributed by atoms with Crippen LogP contribution < -0.4 is 10.5 Å². The number of hydrogen-bond acceptors (Lipinski definition) is 6. The van der Waals surface area contributed by atoms with E-state index in [1.807, 2.05) is 0 Å². The zero-order valence-corrected chi connectivity index (χ0v) is 12.1. The van der Waals surface area contributed by atoms with Crippen LogP contribution in [-0.2, 0) is 11.2 Å². The molecule has 0 fully saturated rings. The van der Waals surface area contributed by atoms with Gasteiger partial charge in [0, 0.05) is 24.6 Å². The van der Waals surface area contributed by atoms with Crippen molar-refractivity contribution in [3.8, 4) is 17.1 Å². The van der Waals surface area contributed by atoms with Crippen molar-refractivity contribution in [1.82, 2.24) is 10.1 Å². The predicted molar refractivity (Wildman–Crippen MR) is 74.9 cm³/mol. The van der Waals surface area contributed by atoms with Crippen molar-refractivity contribution in [2.24, 2.45) is 5.73 Å². The molecule has 2 N–H and O–H groups in total. The summed E-state index contributed by atoms with van der Waals surface area (Å²) < 4.78 is 15.4. The van der Waals surface area contributed by atoms with Gasteiger partial charge in [0.25, 0.3) is 0 Å². The first-order valence-corrected chi connectivity index (χ1v) is 6.43. The highest BCUT2D eigenvalue weighted by Gasteiger charge is 2.15. The van der Waals surface area contributed by atoms with Crippen LogP contribution >= 0.6 is 11.6 Å². The summed E-state index contributed by atoms with van der Waals surface area (Å²) in [5.41, 5.74) is 6.56. The molecular weight excluding hydrogens is 282 g/mol. The highest BCUT2D eigenvalue weighted by Crippen LogP contribution is 2.30. The van der Waals surface area contributed by atoms with E-state index in [1.165, 1.54) is 0 Å². The Morgan fingerprint density at radius 2 is 2.20 bits per heavy atom. The van der Waals surface area contributed by atoms with E-state index in [-0.39, 0.29) is 6.04 Å². The standard InChI is InChI=1S/C13H16ClN3O3/c1-18-7-9(15)6-12-16-13(17-20-12)10-4-3-8(14)5-11(10)19-2/h3-5,9H,6-7,15H2,1-2H3. The van der Waals surface area contributed by atoms with Gasteiger partial charge in [-0.2, -0.15) is 4.98 Å². The monoisotopic (exact) mass is 297 g/mol. The van der Waals surface area contributed by atoms with Crippen molar-refractivity contribution >= 4 is 11.6 Å². The van der Waals surface area contributed by atoms with Crippen LogP contribution in [0.1, 0.15) is 5.89 Å². The molecule has 0 spiro atoms. The number of nitrogens with zero attached hydrogens (tertiary/aromatic N) is 2. The quantitative estimate of drug-likeness (QED) is 0.877. The number of nitrogens with two attached hydrogens (primary N) is 1. The van der Waals surface area contributed by atoms with Gasteiger partial charge in [0.1, 0.15) is 5.75 Å². The molecule has 0 amide bonds. The lowest BCUT2D eigenvalue weighted by molar-refractivity contribution is 0.176. The van der Waals surface area contributed by atoms with Crippen LogP contribution in [0.3, 0.4) is 0 Å². The Morgan fingerprint density at radius 1 is 1.40 bits per heavy atom. The summed E-state index contributed by atoms with van der Waals surface area (Å²) in [6.07, 6.45) is 0.455. The van der Waals surface area contributed by atoms with Crippen LogP contribution in [0.5, 0.6) is 5.75 Å². The van der Waals surface area contributed by atoms with Crippen LogP contribution in [0.4, 0.5) is 0 Å². The van der Waals surface area contributed by atoms with Gasteiger partial charge in [0.05, 0.1) is 19.3 Å². The van der Waals surface area contributed by atoms with E-state index >= 15 is 0 Å². The van der Waals surface area contributed by atoms with Crippen LogP contribution in [0, 0.1) is 0 Å². The van der Waals surface area contributed by atoms with Gasteiger partial charge in [-0.05, 0) is 18.2 Å². The molecule has 6 nitrogen and oxygen atoms in total. The van der Waals surface area contributed by atoms with E-state index < -0.39 is 0 Å². The summed E-state index contributed by atoms with van der Waals surface area (Å²) in [4.78, 5) is 4.30. The zero-order chi connectivity index (χ0) is 14.5. The molecule has 0 aliphatic carbocycles. The third kappa shape index (κ3) is 3.47. The minimum Gasteiger partial charge on any atom is -0.496 e. The van der Waals surface area contributed by atoms with Crippen LogP contribution in [0.25, 0.3) is 11.4 Å². The number of hydrogen-bond donors (Lipinski definition) is 1. The second-order valence-corrected chi connectivity index (χ2v) is 4.71. The summed E-state index contributed by atoms with van der Waals surface area (Å²) in [5.74, 6) is 1.49. The maximum absolute atomic E-state index is 5.92. The summed E-state index contributed by atoms with van der Waals surface area (Å²) in [6, 6.07) is 5.04. The fourth-order valence-corrected chi connectivity index (χ4v) is 1.96. The molecule has 0 radical (unpaired) electrons. The molecule has 2 aromatic rings. The van der Waals surface area contributed by atoms with Gasteiger partial charge in [-0.15, -0.1) is 0 Å². The van der Waals surface area contributed by atoms with E-state index in [0.717, 1.165) is 0 Å². The Bertz CT molecular complexity index is 574. The molecule has 0 aliphatic rings. The fraction of sp³-hybridized carbons (Fsp3) is 0.385. The van der Waals surface area contributed by atoms with Gasteiger partial charge in [0.2, 0.25) is 11.7 Å². The molecular formula is C13H16ClN3O3. The smallest absolute Gasteiger partial charge is 0.228 e. The lowest BCUT2D eigenvalue weighted by atomic mass is 10.2. The minimum atomic E-state index is -0.180. The fourth-order valence-electron chi connectivity index (χ4n) is 1.79. The van der Waals surface area contributed by atoms with Crippen molar-refractivity contribution in [3.05, 3.63) is 29.1 Å². The van der Waals surface area contributed by atoms with Gasteiger partial charge in [0.15, 0.2) is 0 Å². The number of methoxy groups -OCH3 is 2. The first-order chi connectivity index (χ1) is 9.63. The van der Waals surface area contributed by atoms with E-state index in [2.05, 4.69) is 10.1 Å². The molecule has 0 bridgehead atoms. The number of ether oxygens (including phenoxy) is 2. The normalized spacial score (nSPS) is 12.4. The predicted octanol–water partition coefficient (Wildman–Crippen LogP) is 1.91. The highest BCUT2D eigenvalue weighted by molar-refractivity contribution is 6.30. The van der Waals surface area contributed by atoms with Gasteiger partial charge in [-0.3, -0.25) is 0 Å². The van der Waals surface area contributed by atoms with Crippen molar-refractivity contribution < 1.29 is 14.0 Å². The summed E-state index contributed by atoms with van der Waals surface area (Å²) >= 11 is 5.92. The Kier molecular flexibility index (Phi) is 4.94. The molecule has 108 valence electrons. The summed E-state index contributed by atoms with van der Waals surface area (Å²) in [6.45, 7) is 0.433. The molecule has 0 saturated carbocycles. The maximum Gasteiger partial charge on any atom is 0.228 e. The Morgan fingerprint density at radius 3 is 2.90 bits per heavy atom. The lowest BCUT2D eigenvalue weighted by Crippen LogP contribution is -2.28. The molecule has 1 atom stereocenters. The van der Waals surface area contributed by atoms with Gasteiger partial charge < -0.3 is 19.7 Å². The summed E-state index contributed by atoms with van der Waals surface area (Å²) in [7, 11) is 3.16. The average molecular weight is 298 g/mol. The molecule has 20 heavy (non-hydrogen) atoms. The number of rotatable bonds is 6. The minimum absolute atomic E-state index is 0.180. The first-order valence-electron chi connectivity index (χ1n) is 6.05. The van der Waals surface area contributed by atoms with E-state index in [9.17, 15) is 0 Å². The number of halogens is 1. The van der Waals surface area contributed by atoms with Crippen LogP contribution in [0.2, 0.25) is 5.02 Å². The van der Waals surface area contributed by atoms with Crippen molar-refractivity contribution in [2.45, 2.75) is 12.5 Å². The van der Waals surface area contributed by atoms with Gasteiger partial charge in [-0.1, -0.05) is 16.8 Å². The van der Waals surface area contributed by atoms with E-state index in [1.54, 1.807) is 32.4 Å². The SMILES string of the molecule is COCC(N)Cc1nc(-c2ccc(Cl)cc2OC)no1. The first kappa shape index (κ1) is 14.8. The average Bonchev–Trinajstić information content (AvgIpc) is 2.87. The molecule has 1 unspecified atom stereocenters. The van der Waals surface area contributed by atoms with E-state index in [4.69, 9.17) is 31.3 Å². The molecule has 1 aromatic carbocycles. The number of aromatic nitrogens is 2. The second kappa shape index (κ2) is 6.69. The van der Waals surface area contributed by atoms with Gasteiger partial charge in [-0.25, -0.2) is 0 Å². The Labute approximate surface area is 121 Å². The van der Waals surface area contributed by atoms with Crippen molar-refractivity contribution in [1.29, 1.82) is 0 Å². The molecule has 0 saturated heterocycles. The third-order valence-corrected chi connectivity index (χ3v) is 2.93. The molecule has 7 heteroatoms. The third-order valence-electron chi connectivity index (χ3n) is 2.69. The zero-order valence-electron chi connectivity index (χ0n) is 11.3. The number of benzene rings is 1. The molecule has 2 rings (SSSR count). The summed E-state index contributed by atoms with van der Waals surface area (Å²) in [5, 5.41) is 4.51. The van der Waals surface area contributed by atoms with Crippen LogP contribution in [0.15, 0.2) is 22.7 Å².